The Balaban J connectivity index is 2.08. The number of hydrogen-bond acceptors (Lipinski definition) is 4. The minimum Gasteiger partial charge on any atom is -0.396 e. The summed E-state index contributed by atoms with van der Waals surface area (Å²) in [5.41, 5.74) is 6.76. The predicted octanol–water partition coefficient (Wildman–Crippen LogP) is 2.88. The second-order valence-corrected chi connectivity index (χ2v) is 6.43. The molecule has 5 nitrogen and oxygen atoms in total. The van der Waals surface area contributed by atoms with Crippen LogP contribution in [-0.2, 0) is 0 Å². The Hall–Kier alpha value is -1.65. The zero-order chi connectivity index (χ0) is 15.5. The van der Waals surface area contributed by atoms with Gasteiger partial charge in [0.05, 0.1) is 11.9 Å². The van der Waals surface area contributed by atoms with Crippen LogP contribution in [0.25, 0.3) is 0 Å². The summed E-state index contributed by atoms with van der Waals surface area (Å²) in [5.74, 6) is 0.644. The molecular formula is C16H26N4O. The van der Waals surface area contributed by atoms with E-state index >= 15 is 0 Å². The van der Waals surface area contributed by atoms with Crippen molar-refractivity contribution in [1.82, 2.24) is 15.3 Å². The van der Waals surface area contributed by atoms with Gasteiger partial charge < -0.3 is 11.1 Å². The highest BCUT2D eigenvalue weighted by molar-refractivity contribution is 5.96. The first kappa shape index (κ1) is 15.7. The van der Waals surface area contributed by atoms with E-state index in [9.17, 15) is 4.79 Å². The lowest BCUT2D eigenvalue weighted by atomic mass is 9.83. The van der Waals surface area contributed by atoms with Gasteiger partial charge in [-0.25, -0.2) is 9.97 Å². The van der Waals surface area contributed by atoms with Gasteiger partial charge in [-0.15, -0.1) is 0 Å². The summed E-state index contributed by atoms with van der Waals surface area (Å²) < 4.78 is 0. The van der Waals surface area contributed by atoms with Crippen LogP contribution in [0.2, 0.25) is 0 Å². The summed E-state index contributed by atoms with van der Waals surface area (Å²) in [7, 11) is 0. The first-order valence-corrected chi connectivity index (χ1v) is 7.88. The van der Waals surface area contributed by atoms with Crippen LogP contribution in [0, 0.1) is 5.41 Å². The quantitative estimate of drug-likeness (QED) is 0.873. The van der Waals surface area contributed by atoms with Gasteiger partial charge in [0.2, 0.25) is 0 Å². The second-order valence-electron chi connectivity index (χ2n) is 6.43. The highest BCUT2D eigenvalue weighted by atomic mass is 16.1. The van der Waals surface area contributed by atoms with Gasteiger partial charge in [0.15, 0.2) is 5.69 Å². The lowest BCUT2D eigenvalue weighted by Crippen LogP contribution is -2.36. The van der Waals surface area contributed by atoms with Crippen molar-refractivity contribution in [2.45, 2.75) is 58.8 Å². The number of nitrogen functional groups attached to an aromatic ring is 1. The van der Waals surface area contributed by atoms with Crippen molar-refractivity contribution in [2.75, 3.05) is 12.3 Å². The average molecular weight is 290 g/mol. The fourth-order valence-corrected chi connectivity index (χ4v) is 3.00. The zero-order valence-electron chi connectivity index (χ0n) is 13.3. The number of anilines is 1. The summed E-state index contributed by atoms with van der Waals surface area (Å²) >= 11 is 0. The first-order valence-electron chi connectivity index (χ1n) is 7.88. The molecule has 1 aliphatic carbocycles. The van der Waals surface area contributed by atoms with Crippen molar-refractivity contribution in [3.63, 3.8) is 0 Å². The van der Waals surface area contributed by atoms with Crippen molar-refractivity contribution in [3.8, 4) is 0 Å². The van der Waals surface area contributed by atoms with Gasteiger partial charge in [-0.3, -0.25) is 4.79 Å². The van der Waals surface area contributed by atoms with Crippen LogP contribution in [0.1, 0.15) is 75.1 Å². The standard InChI is InChI=1S/C16H26N4O/c1-4-16(7-5-6-8-16)10-19-15(21)13-12(17)9-18-14(20-13)11(2)3/h9,11H,4-8,10,17H2,1-3H3,(H,19,21). The van der Waals surface area contributed by atoms with E-state index in [1.807, 2.05) is 13.8 Å². The summed E-state index contributed by atoms with van der Waals surface area (Å²) in [5, 5.41) is 3.03. The van der Waals surface area contributed by atoms with E-state index < -0.39 is 0 Å². The molecule has 0 radical (unpaired) electrons. The Morgan fingerprint density at radius 3 is 2.67 bits per heavy atom. The molecule has 0 unspecified atom stereocenters. The molecule has 5 heteroatoms. The van der Waals surface area contributed by atoms with E-state index in [0.717, 1.165) is 6.42 Å². The van der Waals surface area contributed by atoms with E-state index in [1.54, 1.807) is 0 Å². The molecule has 21 heavy (non-hydrogen) atoms. The van der Waals surface area contributed by atoms with Crippen LogP contribution in [0.4, 0.5) is 5.69 Å². The zero-order valence-corrected chi connectivity index (χ0v) is 13.3. The van der Waals surface area contributed by atoms with Crippen LogP contribution in [0.5, 0.6) is 0 Å². The molecule has 0 bridgehead atoms. The molecule has 0 aliphatic heterocycles. The number of hydrogen-bond donors (Lipinski definition) is 2. The number of rotatable bonds is 5. The lowest BCUT2D eigenvalue weighted by molar-refractivity contribution is 0.0924. The van der Waals surface area contributed by atoms with Crippen LogP contribution in [0.3, 0.4) is 0 Å². The molecule has 1 saturated carbocycles. The third-order valence-electron chi connectivity index (χ3n) is 4.61. The van der Waals surface area contributed by atoms with Crippen LogP contribution < -0.4 is 11.1 Å². The number of nitrogens with zero attached hydrogens (tertiary/aromatic N) is 2. The van der Waals surface area contributed by atoms with Crippen molar-refractivity contribution in [1.29, 1.82) is 0 Å². The number of aromatic nitrogens is 2. The van der Waals surface area contributed by atoms with Gasteiger partial charge >= 0.3 is 0 Å². The molecule has 2 rings (SSSR count). The second kappa shape index (κ2) is 6.41. The van der Waals surface area contributed by atoms with Crippen molar-refractivity contribution in [2.24, 2.45) is 5.41 Å². The van der Waals surface area contributed by atoms with Gasteiger partial charge in [-0.05, 0) is 24.7 Å². The maximum Gasteiger partial charge on any atom is 0.272 e. The summed E-state index contributed by atoms with van der Waals surface area (Å²) in [6.45, 7) is 6.91. The Morgan fingerprint density at radius 2 is 2.10 bits per heavy atom. The van der Waals surface area contributed by atoms with Gasteiger partial charge in [-0.1, -0.05) is 33.6 Å². The molecule has 1 amide bonds. The molecule has 1 fully saturated rings. The maximum absolute atomic E-state index is 12.4. The largest absolute Gasteiger partial charge is 0.396 e. The fourth-order valence-electron chi connectivity index (χ4n) is 3.00. The number of carbonyl (C=O) groups is 1. The van der Waals surface area contributed by atoms with E-state index in [4.69, 9.17) is 5.73 Å². The maximum atomic E-state index is 12.4. The summed E-state index contributed by atoms with van der Waals surface area (Å²) in [4.78, 5) is 20.9. The molecule has 1 aromatic rings. The molecule has 1 aliphatic rings. The number of carbonyl (C=O) groups excluding carboxylic acids is 1. The normalized spacial score (nSPS) is 17.1. The van der Waals surface area contributed by atoms with Crippen molar-refractivity contribution in [3.05, 3.63) is 17.7 Å². The number of nitrogens with two attached hydrogens (primary N) is 1. The Labute approximate surface area is 126 Å². The molecular weight excluding hydrogens is 264 g/mol. The Kier molecular flexibility index (Phi) is 4.80. The minimum atomic E-state index is -0.184. The predicted molar refractivity (Wildman–Crippen MR) is 84.1 cm³/mol. The first-order chi connectivity index (χ1) is 9.97. The van der Waals surface area contributed by atoms with Crippen LogP contribution in [0.15, 0.2) is 6.20 Å². The third kappa shape index (κ3) is 3.52. The van der Waals surface area contributed by atoms with E-state index in [-0.39, 0.29) is 17.2 Å². The highest BCUT2D eigenvalue weighted by Crippen LogP contribution is 2.40. The van der Waals surface area contributed by atoms with Gasteiger partial charge in [0, 0.05) is 12.5 Å². The highest BCUT2D eigenvalue weighted by Gasteiger charge is 2.32. The van der Waals surface area contributed by atoms with Gasteiger partial charge in [0.25, 0.3) is 5.91 Å². The number of amides is 1. The average Bonchev–Trinajstić information content (AvgIpc) is 2.94. The monoisotopic (exact) mass is 290 g/mol. The van der Waals surface area contributed by atoms with Gasteiger partial charge in [-0.2, -0.15) is 0 Å². The Morgan fingerprint density at radius 1 is 1.43 bits per heavy atom. The molecule has 0 saturated heterocycles. The molecule has 0 atom stereocenters. The molecule has 0 aromatic carbocycles. The number of nitrogens with one attached hydrogen (secondary N) is 1. The molecule has 1 heterocycles. The molecule has 1 aromatic heterocycles. The SMILES string of the molecule is CCC1(CNC(=O)c2nc(C(C)C)ncc2N)CCCC1. The summed E-state index contributed by atoms with van der Waals surface area (Å²) in [6, 6.07) is 0. The molecule has 3 N–H and O–H groups in total. The minimum absolute atomic E-state index is 0.175. The van der Waals surface area contributed by atoms with Crippen molar-refractivity contribution < 1.29 is 4.79 Å². The van der Waals surface area contributed by atoms with Crippen molar-refractivity contribution >= 4 is 11.6 Å². The summed E-state index contributed by atoms with van der Waals surface area (Å²) in [6.07, 6.45) is 7.54. The van der Waals surface area contributed by atoms with E-state index in [0.29, 0.717) is 23.8 Å². The van der Waals surface area contributed by atoms with E-state index in [2.05, 4.69) is 22.2 Å². The fraction of sp³-hybridized carbons (Fsp3) is 0.688. The third-order valence-corrected chi connectivity index (χ3v) is 4.61. The van der Waals surface area contributed by atoms with Crippen LogP contribution >= 0.6 is 0 Å². The molecule has 0 spiro atoms. The molecule has 116 valence electrons. The Bertz CT molecular complexity index is 507. The van der Waals surface area contributed by atoms with Crippen LogP contribution in [-0.4, -0.2) is 22.4 Å². The van der Waals surface area contributed by atoms with Gasteiger partial charge in [0.1, 0.15) is 5.82 Å². The van der Waals surface area contributed by atoms with E-state index in [1.165, 1.54) is 31.9 Å². The smallest absolute Gasteiger partial charge is 0.272 e. The lowest BCUT2D eigenvalue weighted by Gasteiger charge is -2.27. The topological polar surface area (TPSA) is 80.9 Å².